The van der Waals surface area contributed by atoms with Crippen molar-refractivity contribution in [2.75, 3.05) is 6.54 Å². The molecule has 1 saturated carbocycles. The van der Waals surface area contributed by atoms with Gasteiger partial charge in [-0.15, -0.1) is 0 Å². The van der Waals surface area contributed by atoms with Gasteiger partial charge in [-0.25, -0.2) is 4.98 Å². The molecule has 0 aliphatic heterocycles. The Balaban J connectivity index is 1.88. The van der Waals surface area contributed by atoms with E-state index in [0.29, 0.717) is 23.3 Å². The van der Waals surface area contributed by atoms with Crippen LogP contribution in [0.3, 0.4) is 0 Å². The Labute approximate surface area is 137 Å². The fourth-order valence-corrected chi connectivity index (χ4v) is 3.14. The maximum atomic E-state index is 13.1. The van der Waals surface area contributed by atoms with E-state index in [2.05, 4.69) is 24.0 Å². The Morgan fingerprint density at radius 2 is 2.00 bits per heavy atom. The lowest BCUT2D eigenvalue weighted by atomic mass is 9.84. The number of benzene rings is 1. The van der Waals surface area contributed by atoms with Crippen LogP contribution in [0.15, 0.2) is 34.7 Å². The normalized spacial score (nSPS) is 16.0. The molecular formula is C19H24N2O2. The summed E-state index contributed by atoms with van der Waals surface area (Å²) < 4.78 is 5.57. The van der Waals surface area contributed by atoms with E-state index in [9.17, 15) is 4.79 Å². The van der Waals surface area contributed by atoms with Gasteiger partial charge in [0, 0.05) is 13.5 Å². The average Bonchev–Trinajstić information content (AvgIpc) is 2.85. The molecule has 0 unspecified atom stereocenters. The summed E-state index contributed by atoms with van der Waals surface area (Å²) in [6.45, 7) is 6.48. The zero-order valence-corrected chi connectivity index (χ0v) is 14.1. The summed E-state index contributed by atoms with van der Waals surface area (Å²) in [4.78, 5) is 19.3. The van der Waals surface area contributed by atoms with Gasteiger partial charge in [-0.05, 0) is 38.2 Å². The van der Waals surface area contributed by atoms with Crippen LogP contribution in [-0.2, 0) is 0 Å². The largest absolute Gasteiger partial charge is 0.436 e. The summed E-state index contributed by atoms with van der Waals surface area (Å²) in [5, 5.41) is 0. The second-order valence-electron chi connectivity index (χ2n) is 6.49. The summed E-state index contributed by atoms with van der Waals surface area (Å²) in [5.74, 6) is 1.48. The number of aromatic nitrogens is 1. The minimum absolute atomic E-state index is 0.0223. The molecular weight excluding hydrogens is 288 g/mol. The van der Waals surface area contributed by atoms with Crippen molar-refractivity contribution in [3.63, 3.8) is 0 Å². The highest BCUT2D eigenvalue weighted by molar-refractivity contribution is 5.92. The lowest BCUT2D eigenvalue weighted by molar-refractivity contribution is 0.0579. The van der Waals surface area contributed by atoms with E-state index in [1.165, 1.54) is 19.3 Å². The Morgan fingerprint density at radius 1 is 1.30 bits per heavy atom. The van der Waals surface area contributed by atoms with Crippen LogP contribution in [0.5, 0.6) is 0 Å². The van der Waals surface area contributed by atoms with Gasteiger partial charge in [-0.1, -0.05) is 36.8 Å². The van der Waals surface area contributed by atoms with Crippen LogP contribution in [-0.4, -0.2) is 22.3 Å². The number of nitrogens with zero attached hydrogens (tertiary/aromatic N) is 2. The van der Waals surface area contributed by atoms with E-state index in [-0.39, 0.29) is 11.9 Å². The third kappa shape index (κ3) is 3.31. The molecule has 0 N–H and O–H groups in total. The predicted molar refractivity (Wildman–Crippen MR) is 89.2 cm³/mol. The van der Waals surface area contributed by atoms with Gasteiger partial charge < -0.3 is 9.32 Å². The summed E-state index contributed by atoms with van der Waals surface area (Å²) in [6.07, 6.45) is 3.69. The third-order valence-corrected chi connectivity index (χ3v) is 4.79. The van der Waals surface area contributed by atoms with Gasteiger partial charge in [0.1, 0.15) is 0 Å². The second kappa shape index (κ2) is 6.57. The fraction of sp³-hybridized carbons (Fsp3) is 0.474. The van der Waals surface area contributed by atoms with Crippen molar-refractivity contribution >= 4 is 5.91 Å². The fourth-order valence-electron chi connectivity index (χ4n) is 3.14. The van der Waals surface area contributed by atoms with Crippen LogP contribution >= 0.6 is 0 Å². The van der Waals surface area contributed by atoms with Crippen molar-refractivity contribution < 1.29 is 9.21 Å². The molecule has 1 amide bonds. The number of hydrogen-bond acceptors (Lipinski definition) is 3. The van der Waals surface area contributed by atoms with Gasteiger partial charge in [0.05, 0.1) is 11.7 Å². The van der Waals surface area contributed by atoms with Crippen molar-refractivity contribution in [2.24, 2.45) is 5.92 Å². The first-order chi connectivity index (χ1) is 11.1. The zero-order chi connectivity index (χ0) is 16.4. The lowest BCUT2D eigenvalue weighted by Crippen LogP contribution is -2.39. The molecule has 4 heteroatoms. The minimum atomic E-state index is -0.0497. The minimum Gasteiger partial charge on any atom is -0.436 e. The number of oxazole rings is 1. The van der Waals surface area contributed by atoms with E-state index in [4.69, 9.17) is 4.42 Å². The first-order valence-corrected chi connectivity index (χ1v) is 8.36. The van der Waals surface area contributed by atoms with Crippen LogP contribution in [0.1, 0.15) is 59.9 Å². The molecule has 2 aromatic rings. The molecule has 0 spiro atoms. The highest BCUT2D eigenvalue weighted by Crippen LogP contribution is 2.31. The highest BCUT2D eigenvalue weighted by atomic mass is 16.4. The number of carbonyl (C=O) groups excluding carboxylic acids is 1. The molecule has 1 aromatic carbocycles. The molecule has 0 bridgehead atoms. The van der Waals surface area contributed by atoms with Crippen molar-refractivity contribution in [3.05, 3.63) is 53.2 Å². The van der Waals surface area contributed by atoms with Crippen molar-refractivity contribution in [1.29, 1.82) is 0 Å². The summed E-state index contributed by atoms with van der Waals surface area (Å²) >= 11 is 0. The van der Waals surface area contributed by atoms with Crippen molar-refractivity contribution in [2.45, 2.75) is 46.1 Å². The molecule has 1 aromatic heterocycles. The topological polar surface area (TPSA) is 46.3 Å². The average molecular weight is 312 g/mol. The summed E-state index contributed by atoms with van der Waals surface area (Å²) in [5.41, 5.74) is 1.82. The Bertz CT molecular complexity index is 674. The second-order valence-corrected chi connectivity index (χ2v) is 6.49. The third-order valence-electron chi connectivity index (χ3n) is 4.79. The van der Waals surface area contributed by atoms with E-state index in [1.807, 2.05) is 30.0 Å². The maximum Gasteiger partial charge on any atom is 0.292 e. The van der Waals surface area contributed by atoms with Gasteiger partial charge in [-0.2, -0.15) is 0 Å². The summed E-state index contributed by atoms with van der Waals surface area (Å²) in [6, 6.07) is 10.2. The van der Waals surface area contributed by atoms with E-state index in [1.54, 1.807) is 6.92 Å². The SMILES string of the molecule is Cc1nc(C)c(C(=O)N(CC2CCC2)[C@H](C)c2ccccc2)o1. The number of hydrogen-bond donors (Lipinski definition) is 0. The molecule has 1 atom stereocenters. The lowest BCUT2D eigenvalue weighted by Gasteiger charge is -2.36. The quantitative estimate of drug-likeness (QED) is 0.827. The number of rotatable bonds is 5. The number of aryl methyl sites for hydroxylation is 2. The molecule has 4 nitrogen and oxygen atoms in total. The monoisotopic (exact) mass is 312 g/mol. The predicted octanol–water partition coefficient (Wildman–Crippen LogP) is 4.29. The van der Waals surface area contributed by atoms with Gasteiger partial charge in [-0.3, -0.25) is 4.79 Å². The molecule has 1 aliphatic rings. The van der Waals surface area contributed by atoms with Crippen LogP contribution in [0.25, 0.3) is 0 Å². The summed E-state index contributed by atoms with van der Waals surface area (Å²) in [7, 11) is 0. The van der Waals surface area contributed by atoms with Crippen molar-refractivity contribution in [3.8, 4) is 0 Å². The highest BCUT2D eigenvalue weighted by Gasteiger charge is 2.31. The Morgan fingerprint density at radius 3 is 2.52 bits per heavy atom. The van der Waals surface area contributed by atoms with Crippen molar-refractivity contribution in [1.82, 2.24) is 9.88 Å². The van der Waals surface area contributed by atoms with E-state index >= 15 is 0 Å². The number of amides is 1. The van der Waals surface area contributed by atoms with Crippen LogP contribution in [0, 0.1) is 19.8 Å². The first-order valence-electron chi connectivity index (χ1n) is 8.36. The van der Waals surface area contributed by atoms with Gasteiger partial charge in [0.2, 0.25) is 5.76 Å². The standard InChI is InChI=1S/C19H24N2O2/c1-13-18(23-15(3)20-13)19(22)21(12-16-8-7-9-16)14(2)17-10-5-4-6-11-17/h4-6,10-11,14,16H,7-9,12H2,1-3H3/t14-/m1/s1. The molecule has 1 heterocycles. The number of carbonyl (C=O) groups is 1. The molecule has 1 aliphatic carbocycles. The molecule has 3 rings (SSSR count). The van der Waals surface area contributed by atoms with Gasteiger partial charge >= 0.3 is 0 Å². The molecule has 0 saturated heterocycles. The molecule has 0 radical (unpaired) electrons. The Kier molecular flexibility index (Phi) is 4.51. The molecule has 23 heavy (non-hydrogen) atoms. The van der Waals surface area contributed by atoms with E-state index in [0.717, 1.165) is 12.1 Å². The first kappa shape index (κ1) is 15.8. The van der Waals surface area contributed by atoms with Crippen LogP contribution < -0.4 is 0 Å². The molecule has 1 fully saturated rings. The van der Waals surface area contributed by atoms with Crippen LogP contribution in [0.4, 0.5) is 0 Å². The molecule has 122 valence electrons. The van der Waals surface area contributed by atoms with Crippen LogP contribution in [0.2, 0.25) is 0 Å². The van der Waals surface area contributed by atoms with Gasteiger partial charge in [0.25, 0.3) is 5.91 Å². The van der Waals surface area contributed by atoms with E-state index < -0.39 is 0 Å². The smallest absolute Gasteiger partial charge is 0.292 e. The zero-order valence-electron chi connectivity index (χ0n) is 14.1. The van der Waals surface area contributed by atoms with Gasteiger partial charge in [0.15, 0.2) is 5.89 Å². The Hall–Kier alpha value is -2.10. The maximum absolute atomic E-state index is 13.1.